The van der Waals surface area contributed by atoms with Crippen molar-refractivity contribution in [3.05, 3.63) is 0 Å². The third-order valence-corrected chi connectivity index (χ3v) is 5.13. The van der Waals surface area contributed by atoms with E-state index in [1.165, 1.54) is 0 Å². The zero-order chi connectivity index (χ0) is 17.2. The molecule has 140 valence electrons. The molecule has 25 heavy (non-hydrogen) atoms. The van der Waals surface area contributed by atoms with Crippen molar-refractivity contribution in [1.29, 1.82) is 0 Å². The number of esters is 2. The summed E-state index contributed by atoms with van der Waals surface area (Å²) in [5.41, 5.74) is 0. The first-order chi connectivity index (χ1) is 12.1. The van der Waals surface area contributed by atoms with Crippen molar-refractivity contribution in [2.24, 2.45) is 11.8 Å². The number of hydrogen-bond acceptors (Lipinski definition) is 7. The largest absolute Gasteiger partial charge is 0.393 e. The summed E-state index contributed by atoms with van der Waals surface area (Å²) < 4.78 is 26.1. The molecule has 4 rings (SSSR count). The van der Waals surface area contributed by atoms with Crippen molar-refractivity contribution in [2.75, 3.05) is 26.4 Å². The molecule has 0 aromatic heterocycles. The van der Waals surface area contributed by atoms with Crippen LogP contribution in [0.5, 0.6) is 0 Å². The fraction of sp³-hybridized carbons (Fsp3) is 0.889. The molecule has 4 saturated heterocycles. The number of hydrogen-bond donors (Lipinski definition) is 0. The predicted octanol–water partition coefficient (Wildman–Crippen LogP) is 1.22. The lowest BCUT2D eigenvalue weighted by atomic mass is 9.94. The molecule has 0 radical (unpaired) electrons. The van der Waals surface area contributed by atoms with Gasteiger partial charge in [-0.05, 0) is 37.5 Å². The molecular weight excluding hydrogens is 328 g/mol. The van der Waals surface area contributed by atoms with Gasteiger partial charge >= 0.3 is 11.9 Å². The zero-order valence-electron chi connectivity index (χ0n) is 14.4. The van der Waals surface area contributed by atoms with Crippen LogP contribution in [0.4, 0.5) is 0 Å². The van der Waals surface area contributed by atoms with E-state index in [2.05, 4.69) is 0 Å². The predicted molar refractivity (Wildman–Crippen MR) is 84.7 cm³/mol. The Kier molecular flexibility index (Phi) is 5.36. The summed E-state index contributed by atoms with van der Waals surface area (Å²) in [6, 6.07) is 0. The van der Waals surface area contributed by atoms with Crippen molar-refractivity contribution in [2.45, 2.75) is 62.9 Å². The highest BCUT2D eigenvalue weighted by molar-refractivity contribution is 5.85. The average molecular weight is 354 g/mol. The molecule has 4 fully saturated rings. The van der Waals surface area contributed by atoms with Crippen LogP contribution in [0.25, 0.3) is 0 Å². The van der Waals surface area contributed by atoms with E-state index in [4.69, 9.17) is 23.7 Å². The summed E-state index contributed by atoms with van der Waals surface area (Å²) in [6.45, 7) is 3.07. The second-order valence-corrected chi connectivity index (χ2v) is 7.75. The summed E-state index contributed by atoms with van der Waals surface area (Å²) >= 11 is 0. The smallest absolute Gasteiger partial charge is 0.313 e. The van der Waals surface area contributed by atoms with Crippen molar-refractivity contribution < 1.29 is 33.3 Å². The summed E-state index contributed by atoms with van der Waals surface area (Å²) in [5.74, 6) is -0.535. The first-order valence-corrected chi connectivity index (χ1v) is 9.34. The van der Waals surface area contributed by atoms with Crippen molar-refractivity contribution in [3.8, 4) is 0 Å². The summed E-state index contributed by atoms with van der Waals surface area (Å²) in [5, 5.41) is 0. The number of ether oxygens (including phenoxy) is 5. The minimum absolute atomic E-state index is 0.163. The molecule has 0 aromatic carbocycles. The molecule has 4 aliphatic rings. The van der Waals surface area contributed by atoms with Crippen molar-refractivity contribution >= 4 is 11.9 Å². The monoisotopic (exact) mass is 354 g/mol. The van der Waals surface area contributed by atoms with Crippen LogP contribution in [-0.4, -0.2) is 62.8 Å². The summed E-state index contributed by atoms with van der Waals surface area (Å²) in [6.07, 6.45) is 4.90. The van der Waals surface area contributed by atoms with Gasteiger partial charge in [-0.1, -0.05) is 0 Å². The molecule has 4 atom stereocenters. The summed E-state index contributed by atoms with van der Waals surface area (Å²) in [7, 11) is 0. The average Bonchev–Trinajstić information content (AvgIpc) is 3.38. The van der Waals surface area contributed by atoms with Gasteiger partial charge in [-0.25, -0.2) is 0 Å². The van der Waals surface area contributed by atoms with Gasteiger partial charge < -0.3 is 23.7 Å². The molecule has 7 nitrogen and oxygen atoms in total. The molecule has 0 spiro atoms. The molecule has 0 aliphatic carbocycles. The standard InChI is InChI=1S/C18H26O7/c19-17(5-11(1-13-7-21-13)2-14-8-22-14)25-18(20)6-12(3-15-9-23-15)4-16-10-24-16/h11-16H,1-10H2. The highest BCUT2D eigenvalue weighted by atomic mass is 16.6. The Labute approximate surface area is 147 Å². The van der Waals surface area contributed by atoms with Crippen LogP contribution in [0, 0.1) is 11.8 Å². The van der Waals surface area contributed by atoms with E-state index >= 15 is 0 Å². The molecule has 7 heteroatoms. The Morgan fingerprint density at radius 1 is 0.680 bits per heavy atom. The maximum atomic E-state index is 12.1. The molecule has 0 N–H and O–H groups in total. The fourth-order valence-electron chi connectivity index (χ4n) is 3.51. The maximum absolute atomic E-state index is 12.1. The third kappa shape index (κ3) is 6.66. The first-order valence-electron chi connectivity index (χ1n) is 9.34. The minimum atomic E-state index is -0.430. The van der Waals surface area contributed by atoms with E-state index < -0.39 is 11.9 Å². The first kappa shape index (κ1) is 17.4. The van der Waals surface area contributed by atoms with Gasteiger partial charge in [0.05, 0.1) is 50.8 Å². The Morgan fingerprint density at radius 2 is 0.960 bits per heavy atom. The highest BCUT2D eigenvalue weighted by Crippen LogP contribution is 2.31. The lowest BCUT2D eigenvalue weighted by molar-refractivity contribution is -0.161. The Morgan fingerprint density at radius 3 is 1.20 bits per heavy atom. The van der Waals surface area contributed by atoms with E-state index in [9.17, 15) is 9.59 Å². The van der Waals surface area contributed by atoms with Gasteiger partial charge in [0.1, 0.15) is 0 Å². The molecule has 4 unspecified atom stereocenters. The fourth-order valence-corrected chi connectivity index (χ4v) is 3.51. The molecule has 4 heterocycles. The second kappa shape index (κ2) is 7.70. The topological polar surface area (TPSA) is 93.5 Å². The molecule has 0 bridgehead atoms. The Hall–Kier alpha value is -1.02. The number of rotatable bonds is 12. The second-order valence-electron chi connectivity index (χ2n) is 7.75. The summed E-state index contributed by atoms with van der Waals surface area (Å²) in [4.78, 5) is 24.3. The number of carbonyl (C=O) groups is 2. The van der Waals surface area contributed by atoms with Crippen molar-refractivity contribution in [3.63, 3.8) is 0 Å². The van der Waals surface area contributed by atoms with E-state index in [-0.39, 0.29) is 49.1 Å². The zero-order valence-corrected chi connectivity index (χ0v) is 14.4. The molecule has 4 aliphatic heterocycles. The lowest BCUT2D eigenvalue weighted by Crippen LogP contribution is -2.21. The van der Waals surface area contributed by atoms with Gasteiger partial charge in [0.15, 0.2) is 0 Å². The van der Waals surface area contributed by atoms with Gasteiger partial charge in [0, 0.05) is 12.8 Å². The van der Waals surface area contributed by atoms with Crippen LogP contribution in [0.15, 0.2) is 0 Å². The van der Waals surface area contributed by atoms with E-state index in [1.807, 2.05) is 0 Å². The van der Waals surface area contributed by atoms with Crippen LogP contribution in [0.1, 0.15) is 38.5 Å². The van der Waals surface area contributed by atoms with E-state index in [0.717, 1.165) is 52.1 Å². The Balaban J connectivity index is 1.19. The van der Waals surface area contributed by atoms with Crippen molar-refractivity contribution in [1.82, 2.24) is 0 Å². The molecule has 0 saturated carbocycles. The van der Waals surface area contributed by atoms with E-state index in [0.29, 0.717) is 0 Å². The maximum Gasteiger partial charge on any atom is 0.313 e. The molecular formula is C18H26O7. The van der Waals surface area contributed by atoms with Gasteiger partial charge in [-0.15, -0.1) is 0 Å². The number of carbonyl (C=O) groups excluding carboxylic acids is 2. The highest BCUT2D eigenvalue weighted by Gasteiger charge is 2.35. The minimum Gasteiger partial charge on any atom is -0.393 e. The number of epoxide rings is 4. The SMILES string of the molecule is O=C(CC(CC1CO1)CC1CO1)OC(=O)CC(CC1CO1)CC1CO1. The molecule has 0 amide bonds. The third-order valence-electron chi connectivity index (χ3n) is 5.13. The normalized spacial score (nSPS) is 34.1. The van der Waals surface area contributed by atoms with Gasteiger partial charge in [-0.2, -0.15) is 0 Å². The lowest BCUT2D eigenvalue weighted by Gasteiger charge is -2.15. The van der Waals surface area contributed by atoms with Gasteiger partial charge in [-0.3, -0.25) is 9.59 Å². The van der Waals surface area contributed by atoms with Crippen LogP contribution >= 0.6 is 0 Å². The van der Waals surface area contributed by atoms with Crippen LogP contribution in [-0.2, 0) is 33.3 Å². The molecule has 0 aromatic rings. The quantitative estimate of drug-likeness (QED) is 0.295. The Bertz CT molecular complexity index is 420. The van der Waals surface area contributed by atoms with Crippen LogP contribution < -0.4 is 0 Å². The van der Waals surface area contributed by atoms with Gasteiger partial charge in [0.25, 0.3) is 0 Å². The van der Waals surface area contributed by atoms with Crippen LogP contribution in [0.2, 0.25) is 0 Å². The van der Waals surface area contributed by atoms with E-state index in [1.54, 1.807) is 0 Å². The van der Waals surface area contributed by atoms with Gasteiger partial charge in [0.2, 0.25) is 0 Å². The van der Waals surface area contributed by atoms with Crippen LogP contribution in [0.3, 0.4) is 0 Å².